The first-order valence-corrected chi connectivity index (χ1v) is 8.95. The molecule has 2 aromatic carbocycles. The van der Waals surface area contributed by atoms with Gasteiger partial charge in [0.25, 0.3) is 5.69 Å². The van der Waals surface area contributed by atoms with Crippen LogP contribution in [0.4, 0.5) is 17.1 Å². The maximum absolute atomic E-state index is 12.1. The largest absolute Gasteiger partial charge is 0.376 e. The number of nitro benzene ring substituents is 1. The molecular weight excluding hydrogens is 360 g/mol. The van der Waals surface area contributed by atoms with E-state index in [9.17, 15) is 23.3 Å². The molecule has 0 aliphatic heterocycles. The van der Waals surface area contributed by atoms with Crippen LogP contribution < -0.4 is 10.6 Å². The number of benzene rings is 2. The van der Waals surface area contributed by atoms with Crippen LogP contribution in [0.2, 0.25) is 0 Å². The first-order valence-electron chi connectivity index (χ1n) is 7.51. The molecule has 9 nitrogen and oxygen atoms in total. The van der Waals surface area contributed by atoms with E-state index in [2.05, 4.69) is 10.6 Å². The molecular formula is C16H18N4O5S. The summed E-state index contributed by atoms with van der Waals surface area (Å²) in [5.41, 5.74) is 0.675. The maximum Gasteiger partial charge on any atom is 0.271 e. The monoisotopic (exact) mass is 378 g/mol. The first kappa shape index (κ1) is 19.3. The molecule has 2 aromatic rings. The number of anilines is 2. The standard InChI is InChI=1S/C16H18N4O5S/c1-19(2)26(24,25)15-8-4-6-13(10-15)18-16(21)11-17-12-5-3-7-14(9-12)20(22)23/h3-10,17H,11H2,1-2H3,(H,18,21). The molecule has 0 heterocycles. The number of rotatable bonds is 7. The number of hydrogen-bond acceptors (Lipinski definition) is 6. The van der Waals surface area contributed by atoms with E-state index in [1.807, 2.05) is 0 Å². The normalized spacial score (nSPS) is 11.2. The molecule has 0 aliphatic rings. The summed E-state index contributed by atoms with van der Waals surface area (Å²) in [6.45, 7) is -0.133. The van der Waals surface area contributed by atoms with Gasteiger partial charge < -0.3 is 10.6 Å². The van der Waals surface area contributed by atoms with Gasteiger partial charge in [-0.1, -0.05) is 12.1 Å². The Kier molecular flexibility index (Phi) is 5.90. The van der Waals surface area contributed by atoms with Crippen molar-refractivity contribution in [2.45, 2.75) is 4.90 Å². The molecule has 0 saturated carbocycles. The van der Waals surface area contributed by atoms with E-state index in [1.165, 1.54) is 50.5 Å². The van der Waals surface area contributed by atoms with Crippen molar-refractivity contribution in [1.29, 1.82) is 0 Å². The van der Waals surface area contributed by atoms with Gasteiger partial charge in [-0.2, -0.15) is 0 Å². The molecule has 0 atom stereocenters. The molecule has 2 rings (SSSR count). The second-order valence-electron chi connectivity index (χ2n) is 5.52. The van der Waals surface area contributed by atoms with Crippen LogP contribution in [-0.4, -0.2) is 44.2 Å². The van der Waals surface area contributed by atoms with Crippen molar-refractivity contribution in [3.63, 3.8) is 0 Å². The predicted octanol–water partition coefficient (Wildman–Crippen LogP) is 1.90. The molecule has 26 heavy (non-hydrogen) atoms. The minimum atomic E-state index is -3.60. The number of nitrogens with one attached hydrogen (secondary N) is 2. The van der Waals surface area contributed by atoms with E-state index in [0.717, 1.165) is 4.31 Å². The quantitative estimate of drug-likeness (QED) is 0.560. The highest BCUT2D eigenvalue weighted by Gasteiger charge is 2.17. The lowest BCUT2D eigenvalue weighted by molar-refractivity contribution is -0.384. The van der Waals surface area contributed by atoms with Gasteiger partial charge in [0.2, 0.25) is 15.9 Å². The van der Waals surface area contributed by atoms with Crippen molar-refractivity contribution in [2.75, 3.05) is 31.3 Å². The summed E-state index contributed by atoms with van der Waals surface area (Å²) in [5, 5.41) is 16.1. The molecule has 0 saturated heterocycles. The molecule has 0 unspecified atom stereocenters. The summed E-state index contributed by atoms with van der Waals surface area (Å²) in [7, 11) is -0.760. The zero-order chi connectivity index (χ0) is 19.3. The van der Waals surface area contributed by atoms with Gasteiger partial charge in [0.15, 0.2) is 0 Å². The lowest BCUT2D eigenvalue weighted by Gasteiger charge is -2.13. The number of sulfonamides is 1. The molecule has 0 radical (unpaired) electrons. The Bertz CT molecular complexity index is 928. The molecule has 0 spiro atoms. The summed E-state index contributed by atoms with van der Waals surface area (Å²) in [5.74, 6) is -0.420. The van der Waals surface area contributed by atoms with Crippen molar-refractivity contribution in [3.05, 3.63) is 58.6 Å². The average molecular weight is 378 g/mol. The van der Waals surface area contributed by atoms with Crippen LogP contribution in [0, 0.1) is 10.1 Å². The number of non-ortho nitro benzene ring substituents is 1. The fraction of sp³-hybridized carbons (Fsp3) is 0.188. The minimum Gasteiger partial charge on any atom is -0.376 e. The van der Waals surface area contributed by atoms with Gasteiger partial charge in [0.1, 0.15) is 0 Å². The van der Waals surface area contributed by atoms with Crippen LogP contribution in [-0.2, 0) is 14.8 Å². The molecule has 0 aromatic heterocycles. The summed E-state index contributed by atoms with van der Waals surface area (Å²) < 4.78 is 25.3. The number of nitrogens with zero attached hydrogens (tertiary/aromatic N) is 2. The van der Waals surface area contributed by atoms with Gasteiger partial charge in [-0.25, -0.2) is 12.7 Å². The summed E-state index contributed by atoms with van der Waals surface area (Å²) in [6.07, 6.45) is 0. The molecule has 0 aliphatic carbocycles. The van der Waals surface area contributed by atoms with Crippen molar-refractivity contribution in [3.8, 4) is 0 Å². The fourth-order valence-corrected chi connectivity index (χ4v) is 3.01. The smallest absolute Gasteiger partial charge is 0.271 e. The Morgan fingerprint density at radius 1 is 1.12 bits per heavy atom. The van der Waals surface area contributed by atoms with E-state index in [-0.39, 0.29) is 17.1 Å². The lowest BCUT2D eigenvalue weighted by atomic mass is 10.3. The van der Waals surface area contributed by atoms with Crippen LogP contribution in [0.1, 0.15) is 0 Å². The molecule has 138 valence electrons. The van der Waals surface area contributed by atoms with Crippen molar-refractivity contribution in [1.82, 2.24) is 4.31 Å². The summed E-state index contributed by atoms with van der Waals surface area (Å²) in [4.78, 5) is 22.3. The number of carbonyl (C=O) groups excluding carboxylic acids is 1. The lowest BCUT2D eigenvalue weighted by Crippen LogP contribution is -2.23. The van der Waals surface area contributed by atoms with Gasteiger partial charge in [-0.15, -0.1) is 0 Å². The van der Waals surface area contributed by atoms with Crippen LogP contribution in [0.15, 0.2) is 53.4 Å². The third kappa shape index (κ3) is 4.77. The van der Waals surface area contributed by atoms with Gasteiger partial charge in [-0.3, -0.25) is 14.9 Å². The second-order valence-corrected chi connectivity index (χ2v) is 7.68. The number of amides is 1. The Morgan fingerprint density at radius 2 is 1.77 bits per heavy atom. The minimum absolute atomic E-state index is 0.0620. The summed E-state index contributed by atoms with van der Waals surface area (Å²) in [6, 6.07) is 11.7. The Labute approximate surface area is 150 Å². The average Bonchev–Trinajstić information content (AvgIpc) is 2.60. The van der Waals surface area contributed by atoms with Crippen molar-refractivity contribution < 1.29 is 18.1 Å². The predicted molar refractivity (Wildman–Crippen MR) is 97.5 cm³/mol. The van der Waals surface area contributed by atoms with Crippen LogP contribution >= 0.6 is 0 Å². The van der Waals surface area contributed by atoms with E-state index in [0.29, 0.717) is 11.4 Å². The molecule has 0 bridgehead atoms. The van der Waals surface area contributed by atoms with Crippen molar-refractivity contribution in [2.24, 2.45) is 0 Å². The van der Waals surface area contributed by atoms with E-state index in [1.54, 1.807) is 12.1 Å². The molecule has 2 N–H and O–H groups in total. The van der Waals surface area contributed by atoms with Gasteiger partial charge in [0, 0.05) is 37.6 Å². The number of hydrogen-bond donors (Lipinski definition) is 2. The topological polar surface area (TPSA) is 122 Å². The van der Waals surface area contributed by atoms with Crippen LogP contribution in [0.25, 0.3) is 0 Å². The van der Waals surface area contributed by atoms with Crippen molar-refractivity contribution >= 4 is 33.0 Å². The Hall–Kier alpha value is -2.98. The highest BCUT2D eigenvalue weighted by molar-refractivity contribution is 7.89. The van der Waals surface area contributed by atoms with Crippen LogP contribution in [0.3, 0.4) is 0 Å². The van der Waals surface area contributed by atoms with Gasteiger partial charge in [-0.05, 0) is 24.3 Å². The first-order chi connectivity index (χ1) is 12.2. The van der Waals surface area contributed by atoms with E-state index >= 15 is 0 Å². The van der Waals surface area contributed by atoms with Crippen LogP contribution in [0.5, 0.6) is 0 Å². The highest BCUT2D eigenvalue weighted by atomic mass is 32.2. The summed E-state index contributed by atoms with van der Waals surface area (Å²) >= 11 is 0. The number of nitro groups is 1. The zero-order valence-corrected chi connectivity index (χ0v) is 15.0. The Morgan fingerprint density at radius 3 is 2.42 bits per heavy atom. The fourth-order valence-electron chi connectivity index (χ4n) is 2.06. The number of carbonyl (C=O) groups is 1. The van der Waals surface area contributed by atoms with Gasteiger partial charge in [0.05, 0.1) is 16.4 Å². The molecule has 1 amide bonds. The Balaban J connectivity index is 2.02. The maximum atomic E-state index is 12.1. The molecule has 10 heteroatoms. The van der Waals surface area contributed by atoms with Gasteiger partial charge >= 0.3 is 0 Å². The second kappa shape index (κ2) is 7.93. The zero-order valence-electron chi connectivity index (χ0n) is 14.2. The molecule has 0 fully saturated rings. The third-order valence-electron chi connectivity index (χ3n) is 3.41. The van der Waals surface area contributed by atoms with E-state index in [4.69, 9.17) is 0 Å². The third-order valence-corrected chi connectivity index (χ3v) is 5.22. The SMILES string of the molecule is CN(C)S(=O)(=O)c1cccc(NC(=O)CNc2cccc([N+](=O)[O-])c2)c1. The highest BCUT2D eigenvalue weighted by Crippen LogP contribution is 2.19. The van der Waals surface area contributed by atoms with E-state index < -0.39 is 20.9 Å².